The highest BCUT2D eigenvalue weighted by Gasteiger charge is 2.23. The molecule has 0 radical (unpaired) electrons. The van der Waals surface area contributed by atoms with Crippen LogP contribution in [0.25, 0.3) is 44.3 Å². The number of aryl methyl sites for hydroxylation is 3. The summed E-state index contributed by atoms with van der Waals surface area (Å²) in [4.78, 5) is 0. The topological polar surface area (TPSA) is 26.2 Å². The number of aromatic nitrogens is 1. The fourth-order valence-corrected chi connectivity index (χ4v) is 4.84. The molecule has 0 saturated heterocycles. The first-order valence-corrected chi connectivity index (χ1v) is 11.0. The molecule has 4 heteroatoms. The fourth-order valence-electron chi connectivity index (χ4n) is 4.84. The lowest BCUT2D eigenvalue weighted by atomic mass is 9.97. The molecule has 0 aliphatic carbocycles. The number of hydrogen-bond donors (Lipinski definition) is 0. The van der Waals surface area contributed by atoms with Gasteiger partial charge in [-0.15, -0.1) is 0 Å². The minimum atomic E-state index is -0.296. The molecule has 1 aliphatic rings. The Morgan fingerprint density at radius 2 is 1.72 bits per heavy atom. The highest BCUT2D eigenvalue weighted by Crippen LogP contribution is 2.42. The van der Waals surface area contributed by atoms with E-state index in [-0.39, 0.29) is 5.82 Å². The maximum atomic E-state index is 15.2. The number of furan rings is 1. The van der Waals surface area contributed by atoms with Crippen molar-refractivity contribution < 1.29 is 18.1 Å². The van der Waals surface area contributed by atoms with Crippen LogP contribution in [0.4, 0.5) is 4.39 Å². The average molecular weight is 424 g/mol. The van der Waals surface area contributed by atoms with Crippen molar-refractivity contribution >= 4 is 21.9 Å². The van der Waals surface area contributed by atoms with Gasteiger partial charge in [0.1, 0.15) is 29.8 Å². The number of hydrogen-bond acceptors (Lipinski definition) is 2. The molecule has 3 heterocycles. The molecule has 0 atom stereocenters. The summed E-state index contributed by atoms with van der Waals surface area (Å²) in [5.41, 5.74) is 6.98. The maximum absolute atomic E-state index is 15.2. The summed E-state index contributed by atoms with van der Waals surface area (Å²) in [5, 5.41) is 1.90. The van der Waals surface area contributed by atoms with Gasteiger partial charge in [0.05, 0.1) is 17.7 Å². The molecular weight excluding hydrogens is 401 g/mol. The molecule has 6 rings (SSSR count). The van der Waals surface area contributed by atoms with Gasteiger partial charge in [-0.3, -0.25) is 0 Å². The number of rotatable bonds is 2. The van der Waals surface area contributed by atoms with E-state index in [1.807, 2.05) is 49.6 Å². The lowest BCUT2D eigenvalue weighted by Crippen LogP contribution is -2.30. The Morgan fingerprint density at radius 1 is 0.906 bits per heavy atom. The van der Waals surface area contributed by atoms with Crippen molar-refractivity contribution in [3.8, 4) is 28.1 Å². The summed E-state index contributed by atoms with van der Waals surface area (Å²) in [5.74, 6) is 0.546. The SMILES string of the molecule is Cc1ccc2c(oc3c(-c4ccc5c(c4)OCCC5)c(F)ccc32)c1-c1cccc[n+]1C. The summed E-state index contributed by atoms with van der Waals surface area (Å²) in [6.07, 6.45) is 4.02. The third kappa shape index (κ3) is 2.83. The summed E-state index contributed by atoms with van der Waals surface area (Å²) in [6, 6.07) is 19.6. The van der Waals surface area contributed by atoms with Crippen molar-refractivity contribution in [1.82, 2.24) is 0 Å². The first kappa shape index (κ1) is 19.1. The zero-order valence-corrected chi connectivity index (χ0v) is 18.1. The Hall–Kier alpha value is -3.66. The first-order valence-electron chi connectivity index (χ1n) is 11.0. The monoisotopic (exact) mass is 424 g/mol. The second-order valence-corrected chi connectivity index (χ2v) is 8.51. The van der Waals surface area contributed by atoms with E-state index in [0.29, 0.717) is 17.8 Å². The highest BCUT2D eigenvalue weighted by molar-refractivity contribution is 6.13. The maximum Gasteiger partial charge on any atom is 0.216 e. The van der Waals surface area contributed by atoms with E-state index < -0.39 is 0 Å². The molecule has 0 N–H and O–H groups in total. The molecule has 158 valence electrons. The minimum absolute atomic E-state index is 0.296. The van der Waals surface area contributed by atoms with Crippen LogP contribution in [0, 0.1) is 12.7 Å². The molecule has 0 bridgehead atoms. The van der Waals surface area contributed by atoms with Crippen LogP contribution < -0.4 is 9.30 Å². The van der Waals surface area contributed by atoms with E-state index in [9.17, 15) is 0 Å². The average Bonchev–Trinajstić information content (AvgIpc) is 3.17. The Kier molecular flexibility index (Phi) is 4.29. The lowest BCUT2D eigenvalue weighted by Gasteiger charge is -2.18. The number of benzene rings is 3. The third-order valence-electron chi connectivity index (χ3n) is 6.48. The smallest absolute Gasteiger partial charge is 0.216 e. The number of halogens is 1. The normalized spacial score (nSPS) is 13.3. The van der Waals surface area contributed by atoms with Crippen LogP contribution >= 0.6 is 0 Å². The van der Waals surface area contributed by atoms with Crippen LogP contribution in [-0.2, 0) is 13.5 Å². The Bertz CT molecular complexity index is 1520. The summed E-state index contributed by atoms with van der Waals surface area (Å²) < 4.78 is 29.6. The quantitative estimate of drug-likeness (QED) is 0.302. The van der Waals surface area contributed by atoms with Gasteiger partial charge in [0.25, 0.3) is 0 Å². The Balaban J connectivity index is 1.66. The summed E-state index contributed by atoms with van der Waals surface area (Å²) in [7, 11) is 2.02. The molecule has 1 aliphatic heterocycles. The van der Waals surface area contributed by atoms with Gasteiger partial charge in [-0.2, -0.15) is 0 Å². The van der Waals surface area contributed by atoms with Gasteiger partial charge in [-0.05, 0) is 60.7 Å². The van der Waals surface area contributed by atoms with Crippen molar-refractivity contribution in [2.75, 3.05) is 6.61 Å². The van der Waals surface area contributed by atoms with Gasteiger partial charge in [0.15, 0.2) is 6.20 Å². The van der Waals surface area contributed by atoms with Crippen LogP contribution in [-0.4, -0.2) is 6.61 Å². The molecule has 32 heavy (non-hydrogen) atoms. The van der Waals surface area contributed by atoms with E-state index in [0.717, 1.165) is 57.3 Å². The predicted octanol–water partition coefficient (Wildman–Crippen LogP) is 6.52. The molecule has 0 amide bonds. The zero-order chi connectivity index (χ0) is 21.8. The van der Waals surface area contributed by atoms with Crippen molar-refractivity contribution in [1.29, 1.82) is 0 Å². The van der Waals surface area contributed by atoms with Gasteiger partial charge in [0.2, 0.25) is 5.69 Å². The molecule has 3 aromatic carbocycles. The van der Waals surface area contributed by atoms with Crippen molar-refractivity contribution in [3.63, 3.8) is 0 Å². The van der Waals surface area contributed by atoms with Crippen molar-refractivity contribution in [3.05, 3.63) is 83.8 Å². The van der Waals surface area contributed by atoms with Crippen LogP contribution in [0.15, 0.2) is 71.3 Å². The molecule has 0 spiro atoms. The van der Waals surface area contributed by atoms with Gasteiger partial charge in [-0.1, -0.05) is 24.3 Å². The number of ether oxygens (including phenoxy) is 1. The standard InChI is InChI=1S/C28H23FNO2/c1-17-8-11-20-21-12-13-22(29)26(19-10-9-18-6-5-15-31-24(18)16-19)28(21)32-27(20)25(17)23-7-3-4-14-30(23)2/h3-4,7-14,16H,5-6,15H2,1-2H3/q+1. The van der Waals surface area contributed by atoms with E-state index in [4.69, 9.17) is 9.15 Å². The van der Waals surface area contributed by atoms with E-state index >= 15 is 4.39 Å². The van der Waals surface area contributed by atoms with Crippen molar-refractivity contribution in [2.24, 2.45) is 7.05 Å². The summed E-state index contributed by atoms with van der Waals surface area (Å²) in [6.45, 7) is 2.78. The fraction of sp³-hybridized carbons (Fsp3) is 0.179. The lowest BCUT2D eigenvalue weighted by molar-refractivity contribution is -0.660. The van der Waals surface area contributed by atoms with Crippen LogP contribution in [0.1, 0.15) is 17.5 Å². The van der Waals surface area contributed by atoms with E-state index in [1.54, 1.807) is 0 Å². The molecule has 2 aromatic heterocycles. The van der Waals surface area contributed by atoms with Gasteiger partial charge in [0, 0.05) is 22.9 Å². The molecular formula is C28H23FNO2+. The predicted molar refractivity (Wildman–Crippen MR) is 124 cm³/mol. The van der Waals surface area contributed by atoms with Gasteiger partial charge in [-0.25, -0.2) is 8.96 Å². The van der Waals surface area contributed by atoms with Gasteiger partial charge >= 0.3 is 0 Å². The van der Waals surface area contributed by atoms with Crippen LogP contribution in [0.5, 0.6) is 5.75 Å². The first-order chi connectivity index (χ1) is 15.6. The van der Waals surface area contributed by atoms with Crippen molar-refractivity contribution in [2.45, 2.75) is 19.8 Å². The van der Waals surface area contributed by atoms with Crippen LogP contribution in [0.2, 0.25) is 0 Å². The largest absolute Gasteiger partial charge is 0.493 e. The molecule has 0 unspecified atom stereocenters. The zero-order valence-electron chi connectivity index (χ0n) is 18.1. The van der Waals surface area contributed by atoms with Gasteiger partial charge < -0.3 is 9.15 Å². The number of nitrogens with zero attached hydrogens (tertiary/aromatic N) is 1. The molecule has 0 saturated carbocycles. The van der Waals surface area contributed by atoms with E-state index in [1.165, 1.54) is 11.6 Å². The second kappa shape index (κ2) is 7.20. The highest BCUT2D eigenvalue weighted by atomic mass is 19.1. The number of fused-ring (bicyclic) bond motifs is 4. The minimum Gasteiger partial charge on any atom is -0.493 e. The third-order valence-corrected chi connectivity index (χ3v) is 6.48. The Morgan fingerprint density at radius 3 is 2.56 bits per heavy atom. The van der Waals surface area contributed by atoms with Crippen LogP contribution in [0.3, 0.4) is 0 Å². The molecule has 0 fully saturated rings. The summed E-state index contributed by atoms with van der Waals surface area (Å²) >= 11 is 0. The Labute approximate surface area is 185 Å². The molecule has 3 nitrogen and oxygen atoms in total. The second-order valence-electron chi connectivity index (χ2n) is 8.51. The number of pyridine rings is 1. The van der Waals surface area contributed by atoms with E-state index in [2.05, 4.69) is 29.7 Å². The molecule has 5 aromatic rings.